The number of nitrogens with two attached hydrogens (primary N) is 1. The number of carbonyl (C=O) groups is 1. The van der Waals surface area contributed by atoms with Crippen molar-refractivity contribution in [1.82, 2.24) is 0 Å². The van der Waals surface area contributed by atoms with E-state index in [4.69, 9.17) is 5.73 Å². The minimum atomic E-state index is -0.671. The SMILES string of the molecule is CC(C)(O)CCCC(N)=O. The first kappa shape index (κ1) is 9.43. The minimum Gasteiger partial charge on any atom is -0.390 e. The highest BCUT2D eigenvalue weighted by Gasteiger charge is 2.11. The van der Waals surface area contributed by atoms with E-state index in [-0.39, 0.29) is 5.91 Å². The predicted octanol–water partition coefficient (Wildman–Crippen LogP) is 0.413. The molecule has 0 saturated heterocycles. The van der Waals surface area contributed by atoms with Crippen molar-refractivity contribution in [3.63, 3.8) is 0 Å². The van der Waals surface area contributed by atoms with Gasteiger partial charge in [0.2, 0.25) is 5.91 Å². The number of hydrogen-bond donors (Lipinski definition) is 2. The summed E-state index contributed by atoms with van der Waals surface area (Å²) in [7, 11) is 0. The van der Waals surface area contributed by atoms with Gasteiger partial charge >= 0.3 is 0 Å². The average Bonchev–Trinajstić information content (AvgIpc) is 1.59. The van der Waals surface area contributed by atoms with Gasteiger partial charge in [-0.1, -0.05) is 0 Å². The average molecular weight is 145 g/mol. The van der Waals surface area contributed by atoms with Gasteiger partial charge < -0.3 is 10.8 Å². The second-order valence-electron chi connectivity index (χ2n) is 3.13. The highest BCUT2D eigenvalue weighted by Crippen LogP contribution is 2.11. The van der Waals surface area contributed by atoms with E-state index in [0.717, 1.165) is 0 Å². The molecule has 10 heavy (non-hydrogen) atoms. The third-order valence-electron chi connectivity index (χ3n) is 1.21. The molecule has 0 bridgehead atoms. The van der Waals surface area contributed by atoms with Crippen LogP contribution in [0.4, 0.5) is 0 Å². The second-order valence-corrected chi connectivity index (χ2v) is 3.13. The molecule has 0 atom stereocenters. The molecule has 0 aliphatic rings. The molecule has 0 saturated carbocycles. The van der Waals surface area contributed by atoms with Crippen LogP contribution in [-0.2, 0) is 4.79 Å². The third kappa shape index (κ3) is 7.43. The summed E-state index contributed by atoms with van der Waals surface area (Å²) in [5.41, 5.74) is 4.23. The molecule has 0 unspecified atom stereocenters. The quantitative estimate of drug-likeness (QED) is 0.602. The van der Waals surface area contributed by atoms with E-state index in [1.54, 1.807) is 13.8 Å². The van der Waals surface area contributed by atoms with Gasteiger partial charge in [0.05, 0.1) is 5.60 Å². The van der Waals surface area contributed by atoms with Crippen molar-refractivity contribution in [3.05, 3.63) is 0 Å². The van der Waals surface area contributed by atoms with Gasteiger partial charge in [0.25, 0.3) is 0 Å². The van der Waals surface area contributed by atoms with Gasteiger partial charge in [0.1, 0.15) is 0 Å². The Morgan fingerprint density at radius 1 is 1.60 bits per heavy atom. The van der Waals surface area contributed by atoms with Crippen molar-refractivity contribution in [2.75, 3.05) is 0 Å². The molecule has 0 aromatic heterocycles. The van der Waals surface area contributed by atoms with Crippen molar-refractivity contribution >= 4 is 5.91 Å². The topological polar surface area (TPSA) is 63.3 Å². The van der Waals surface area contributed by atoms with Crippen LogP contribution in [0.1, 0.15) is 33.1 Å². The largest absolute Gasteiger partial charge is 0.390 e. The van der Waals surface area contributed by atoms with E-state index < -0.39 is 5.60 Å². The van der Waals surface area contributed by atoms with E-state index in [2.05, 4.69) is 0 Å². The summed E-state index contributed by atoms with van der Waals surface area (Å²) in [6.07, 6.45) is 1.65. The Hall–Kier alpha value is -0.570. The van der Waals surface area contributed by atoms with Crippen LogP contribution in [0.3, 0.4) is 0 Å². The molecule has 0 aliphatic heterocycles. The van der Waals surface area contributed by atoms with E-state index >= 15 is 0 Å². The highest BCUT2D eigenvalue weighted by atomic mass is 16.3. The molecule has 0 fully saturated rings. The molecule has 0 aromatic carbocycles. The first-order valence-electron chi connectivity index (χ1n) is 3.42. The lowest BCUT2D eigenvalue weighted by Gasteiger charge is -2.15. The number of amides is 1. The summed E-state index contributed by atoms with van der Waals surface area (Å²) >= 11 is 0. The summed E-state index contributed by atoms with van der Waals surface area (Å²) in [5, 5.41) is 9.18. The maximum absolute atomic E-state index is 10.2. The van der Waals surface area contributed by atoms with Crippen molar-refractivity contribution in [2.45, 2.75) is 38.7 Å². The minimum absolute atomic E-state index is 0.302. The molecule has 3 heteroatoms. The summed E-state index contributed by atoms with van der Waals surface area (Å²) in [5.74, 6) is -0.302. The van der Waals surface area contributed by atoms with E-state index in [1.807, 2.05) is 0 Å². The number of primary amides is 1. The molecular formula is C7H15NO2. The number of rotatable bonds is 4. The van der Waals surface area contributed by atoms with Gasteiger partial charge in [-0.05, 0) is 26.7 Å². The fourth-order valence-electron chi connectivity index (χ4n) is 0.695. The van der Waals surface area contributed by atoms with Crippen molar-refractivity contribution in [2.24, 2.45) is 5.73 Å². The molecule has 0 aliphatic carbocycles. The fraction of sp³-hybridized carbons (Fsp3) is 0.857. The van der Waals surface area contributed by atoms with Gasteiger partial charge in [0.15, 0.2) is 0 Å². The number of aliphatic hydroxyl groups is 1. The Balaban J connectivity index is 3.29. The van der Waals surface area contributed by atoms with Gasteiger partial charge in [0, 0.05) is 6.42 Å². The lowest BCUT2D eigenvalue weighted by atomic mass is 10.0. The van der Waals surface area contributed by atoms with Crippen LogP contribution in [0, 0.1) is 0 Å². The second kappa shape index (κ2) is 3.56. The predicted molar refractivity (Wildman–Crippen MR) is 39.3 cm³/mol. The summed E-state index contributed by atoms with van der Waals surface area (Å²) in [4.78, 5) is 10.2. The van der Waals surface area contributed by atoms with Gasteiger partial charge in [-0.25, -0.2) is 0 Å². The zero-order chi connectivity index (χ0) is 8.20. The van der Waals surface area contributed by atoms with Gasteiger partial charge in [-0.15, -0.1) is 0 Å². The maximum atomic E-state index is 10.2. The Morgan fingerprint density at radius 3 is 2.40 bits per heavy atom. The summed E-state index contributed by atoms with van der Waals surface area (Å²) in [6.45, 7) is 3.43. The normalized spacial score (nSPS) is 11.5. The molecular weight excluding hydrogens is 130 g/mol. The van der Waals surface area contributed by atoms with Crippen molar-refractivity contribution in [3.8, 4) is 0 Å². The van der Waals surface area contributed by atoms with Crippen LogP contribution in [0.25, 0.3) is 0 Å². The van der Waals surface area contributed by atoms with E-state index in [9.17, 15) is 9.90 Å². The number of carbonyl (C=O) groups excluding carboxylic acids is 1. The van der Waals surface area contributed by atoms with Crippen LogP contribution >= 0.6 is 0 Å². The molecule has 0 heterocycles. The van der Waals surface area contributed by atoms with E-state index in [0.29, 0.717) is 19.3 Å². The summed E-state index contributed by atoms with van der Waals surface area (Å²) in [6, 6.07) is 0. The maximum Gasteiger partial charge on any atom is 0.217 e. The molecule has 1 amide bonds. The smallest absolute Gasteiger partial charge is 0.217 e. The monoisotopic (exact) mass is 145 g/mol. The van der Waals surface area contributed by atoms with Crippen LogP contribution in [0.15, 0.2) is 0 Å². The number of hydrogen-bond acceptors (Lipinski definition) is 2. The zero-order valence-electron chi connectivity index (χ0n) is 6.55. The van der Waals surface area contributed by atoms with Gasteiger partial charge in [-0.2, -0.15) is 0 Å². The van der Waals surface area contributed by atoms with Crippen LogP contribution < -0.4 is 5.73 Å². The van der Waals surface area contributed by atoms with Crippen LogP contribution in [-0.4, -0.2) is 16.6 Å². The molecule has 3 N–H and O–H groups in total. The molecule has 0 aromatic rings. The van der Waals surface area contributed by atoms with Gasteiger partial charge in [-0.3, -0.25) is 4.79 Å². The molecule has 0 radical (unpaired) electrons. The Bertz CT molecular complexity index is 115. The first-order chi connectivity index (χ1) is 4.42. The Labute approximate surface area is 61.2 Å². The van der Waals surface area contributed by atoms with Crippen molar-refractivity contribution < 1.29 is 9.90 Å². The molecule has 0 spiro atoms. The standard InChI is InChI=1S/C7H15NO2/c1-7(2,10)5-3-4-6(8)9/h10H,3-5H2,1-2H3,(H2,8,9). The lowest BCUT2D eigenvalue weighted by molar-refractivity contribution is -0.118. The first-order valence-corrected chi connectivity index (χ1v) is 3.42. The molecule has 0 rings (SSSR count). The summed E-state index contributed by atoms with van der Waals surface area (Å²) < 4.78 is 0. The lowest BCUT2D eigenvalue weighted by Crippen LogP contribution is -2.19. The van der Waals surface area contributed by atoms with E-state index in [1.165, 1.54) is 0 Å². The van der Waals surface area contributed by atoms with Crippen LogP contribution in [0.2, 0.25) is 0 Å². The zero-order valence-corrected chi connectivity index (χ0v) is 6.55. The Kier molecular flexibility index (Phi) is 3.36. The van der Waals surface area contributed by atoms with Crippen molar-refractivity contribution in [1.29, 1.82) is 0 Å². The Morgan fingerprint density at radius 2 is 2.10 bits per heavy atom. The highest BCUT2D eigenvalue weighted by molar-refractivity contribution is 5.73. The molecule has 60 valence electrons. The van der Waals surface area contributed by atoms with Crippen LogP contribution in [0.5, 0.6) is 0 Å². The fourth-order valence-corrected chi connectivity index (χ4v) is 0.695. The third-order valence-corrected chi connectivity index (χ3v) is 1.21. The molecule has 3 nitrogen and oxygen atoms in total.